The summed E-state index contributed by atoms with van der Waals surface area (Å²) in [6, 6.07) is 51.7. The highest BCUT2D eigenvalue weighted by molar-refractivity contribution is 6.68. The van der Waals surface area contributed by atoms with E-state index in [1.807, 2.05) is 6.07 Å². The fourth-order valence-electron chi connectivity index (χ4n) is 8.93. The van der Waals surface area contributed by atoms with Gasteiger partial charge in [0.05, 0.1) is 38.8 Å². The molecule has 0 aliphatic heterocycles. The van der Waals surface area contributed by atoms with E-state index in [0.717, 1.165) is 55.0 Å². The van der Waals surface area contributed by atoms with Crippen molar-refractivity contribution >= 4 is 143 Å². The number of hydrogen-bond donors (Lipinski definition) is 0. The number of rotatable bonds is 3. The van der Waals surface area contributed by atoms with E-state index in [1.54, 1.807) is 0 Å². The second-order valence-electron chi connectivity index (χ2n) is 14.0. The largest absolute Gasteiger partial charge is 0.310 e. The first-order valence-electron chi connectivity index (χ1n) is 17.9. The molecule has 0 saturated carbocycles. The van der Waals surface area contributed by atoms with Crippen molar-refractivity contribution < 1.29 is 0 Å². The Bertz CT molecular complexity index is 3360. The topological polar surface area (TPSA) is 14.8 Å². The Labute approximate surface area is 317 Å². The van der Waals surface area contributed by atoms with Crippen LogP contribution >= 0.6 is 0 Å². The summed E-state index contributed by atoms with van der Waals surface area (Å²) in [6.45, 7) is 0. The molecule has 238 valence electrons. The van der Waals surface area contributed by atoms with Crippen LogP contribution in [-0.2, 0) is 0 Å². The van der Waals surface area contributed by atoms with Crippen LogP contribution in [0, 0.1) is 0 Å². The van der Waals surface area contributed by atoms with Gasteiger partial charge in [0.2, 0.25) is 0 Å². The molecule has 0 aliphatic rings. The average molecular weight is 673 g/mol. The van der Waals surface area contributed by atoms with Gasteiger partial charge in [-0.3, -0.25) is 0 Å². The highest BCUT2D eigenvalue weighted by atomic mass is 15.0. The van der Waals surface area contributed by atoms with Gasteiger partial charge in [-0.15, -0.1) is 16.4 Å². The van der Waals surface area contributed by atoms with Crippen LogP contribution in [0.4, 0.5) is 0 Å². The minimum absolute atomic E-state index is 0.189. The lowest BCUT2D eigenvalue weighted by atomic mass is 9.61. The summed E-state index contributed by atoms with van der Waals surface area (Å²) in [5.41, 5.74) is 10.4. The molecule has 8 heteroatoms. The zero-order valence-corrected chi connectivity index (χ0v) is 29.1. The molecule has 8 aromatic carbocycles. The summed E-state index contributed by atoms with van der Waals surface area (Å²) < 4.78 is 6.90. The Kier molecular flexibility index (Phi) is 6.59. The van der Waals surface area contributed by atoms with Crippen molar-refractivity contribution in [2.45, 2.75) is 0 Å². The molecule has 0 fully saturated rings. The van der Waals surface area contributed by atoms with E-state index in [1.165, 1.54) is 32.6 Å². The molecule has 0 saturated heterocycles. The van der Waals surface area contributed by atoms with E-state index in [4.69, 9.17) is 39.2 Å². The summed E-state index contributed by atoms with van der Waals surface area (Å²) in [5.74, 6) is 0. The standard InChI is InChI=1S/C46H24B5N3/c47-40-41(48)43(50)46(44(51)42(40)49)54-32-19-9-6-15-27(32)31-24-37(26-14-4-5-16-28(26)45(31)54)53-34-21-11-8-18-30(34)39-36(53)23-22-35-38(39)29-17-7-10-20-33(29)52(35)25-12-2-1-3-13-25/h1-24H. The first-order chi connectivity index (χ1) is 26.4. The molecule has 0 unspecified atom stereocenters. The fourth-order valence-corrected chi connectivity index (χ4v) is 8.93. The molecule has 0 aliphatic carbocycles. The van der Waals surface area contributed by atoms with Gasteiger partial charge in [0.1, 0.15) is 39.2 Å². The van der Waals surface area contributed by atoms with Crippen molar-refractivity contribution in [2.24, 2.45) is 0 Å². The van der Waals surface area contributed by atoms with Crippen molar-refractivity contribution in [3.05, 3.63) is 146 Å². The maximum atomic E-state index is 6.76. The van der Waals surface area contributed by atoms with Crippen molar-refractivity contribution in [1.82, 2.24) is 13.7 Å². The predicted octanol–water partition coefficient (Wildman–Crippen LogP) is 6.10. The van der Waals surface area contributed by atoms with Crippen molar-refractivity contribution in [1.29, 1.82) is 0 Å². The lowest BCUT2D eigenvalue weighted by molar-refractivity contribution is 1.18. The van der Waals surface area contributed by atoms with Gasteiger partial charge in [0.15, 0.2) is 0 Å². The zero-order chi connectivity index (χ0) is 36.4. The number of hydrogen-bond acceptors (Lipinski definition) is 0. The van der Waals surface area contributed by atoms with E-state index < -0.39 is 0 Å². The minimum Gasteiger partial charge on any atom is -0.310 e. The Morgan fingerprint density at radius 1 is 0.315 bits per heavy atom. The molecule has 3 nitrogen and oxygen atoms in total. The maximum Gasteiger partial charge on any atom is 0.115 e. The van der Waals surface area contributed by atoms with Crippen LogP contribution in [0.1, 0.15) is 0 Å². The van der Waals surface area contributed by atoms with Crippen LogP contribution < -0.4 is 27.3 Å². The highest BCUT2D eigenvalue weighted by Gasteiger charge is 2.24. The van der Waals surface area contributed by atoms with Gasteiger partial charge in [0, 0.05) is 54.5 Å². The van der Waals surface area contributed by atoms with E-state index in [2.05, 4.69) is 153 Å². The predicted molar refractivity (Wildman–Crippen MR) is 234 cm³/mol. The zero-order valence-electron chi connectivity index (χ0n) is 29.1. The van der Waals surface area contributed by atoms with E-state index >= 15 is 0 Å². The number of fused-ring (bicyclic) bond motifs is 12. The first kappa shape index (κ1) is 31.3. The average Bonchev–Trinajstić information content (AvgIpc) is 3.85. The molecule has 11 aromatic rings. The molecular weight excluding hydrogens is 649 g/mol. The van der Waals surface area contributed by atoms with Gasteiger partial charge in [-0.2, -0.15) is 0 Å². The molecule has 54 heavy (non-hydrogen) atoms. The quantitative estimate of drug-likeness (QED) is 0.202. The summed E-state index contributed by atoms with van der Waals surface area (Å²) in [6.07, 6.45) is 0. The van der Waals surface area contributed by atoms with Crippen LogP contribution in [-0.4, -0.2) is 52.9 Å². The van der Waals surface area contributed by atoms with Gasteiger partial charge in [-0.25, -0.2) is 0 Å². The Morgan fingerprint density at radius 2 is 0.759 bits per heavy atom. The molecule has 3 heterocycles. The van der Waals surface area contributed by atoms with Crippen LogP contribution in [0.15, 0.2) is 146 Å². The molecule has 3 aromatic heterocycles. The van der Waals surface area contributed by atoms with Gasteiger partial charge in [-0.1, -0.05) is 108 Å². The molecule has 0 atom stereocenters. The second kappa shape index (κ2) is 11.4. The van der Waals surface area contributed by atoms with E-state index in [0.29, 0.717) is 5.69 Å². The van der Waals surface area contributed by atoms with Crippen molar-refractivity contribution in [2.75, 3.05) is 0 Å². The number of benzene rings is 8. The Morgan fingerprint density at radius 3 is 1.37 bits per heavy atom. The molecule has 0 spiro atoms. The maximum absolute atomic E-state index is 6.76. The molecule has 0 N–H and O–H groups in total. The molecule has 10 radical (unpaired) electrons. The summed E-state index contributed by atoms with van der Waals surface area (Å²) in [5, 5.41) is 9.03. The number of nitrogens with zero attached hydrogens (tertiary/aromatic N) is 3. The summed E-state index contributed by atoms with van der Waals surface area (Å²) in [7, 11) is 32.7. The van der Waals surface area contributed by atoms with Crippen LogP contribution in [0.3, 0.4) is 0 Å². The second-order valence-corrected chi connectivity index (χ2v) is 14.0. The third-order valence-corrected chi connectivity index (χ3v) is 11.3. The van der Waals surface area contributed by atoms with Gasteiger partial charge in [0.25, 0.3) is 0 Å². The number of aromatic nitrogens is 3. The highest BCUT2D eigenvalue weighted by Crippen LogP contribution is 2.45. The van der Waals surface area contributed by atoms with Gasteiger partial charge < -0.3 is 13.7 Å². The van der Waals surface area contributed by atoms with E-state index in [-0.39, 0.29) is 27.3 Å². The summed E-state index contributed by atoms with van der Waals surface area (Å²) in [4.78, 5) is 0. The van der Waals surface area contributed by atoms with Crippen LogP contribution in [0.2, 0.25) is 0 Å². The Balaban J connectivity index is 1.32. The monoisotopic (exact) mass is 673 g/mol. The smallest absolute Gasteiger partial charge is 0.115 e. The summed E-state index contributed by atoms with van der Waals surface area (Å²) >= 11 is 0. The van der Waals surface area contributed by atoms with Crippen LogP contribution in [0.5, 0.6) is 0 Å². The lowest BCUT2D eigenvalue weighted by Gasteiger charge is -2.23. The van der Waals surface area contributed by atoms with Gasteiger partial charge >= 0.3 is 0 Å². The molecule has 11 rings (SSSR count). The first-order valence-corrected chi connectivity index (χ1v) is 17.9. The molecule has 0 amide bonds. The molecule has 0 bridgehead atoms. The lowest BCUT2D eigenvalue weighted by Crippen LogP contribution is -2.56. The molecular formula is C46H24B5N3. The third kappa shape index (κ3) is 4.03. The van der Waals surface area contributed by atoms with Crippen molar-refractivity contribution in [3.63, 3.8) is 0 Å². The van der Waals surface area contributed by atoms with Crippen molar-refractivity contribution in [3.8, 4) is 17.1 Å². The normalized spacial score (nSPS) is 12.1. The Hall–Kier alpha value is -6.26. The third-order valence-electron chi connectivity index (χ3n) is 11.3. The fraction of sp³-hybridized carbons (Fsp3) is 0. The minimum atomic E-state index is 0.189. The van der Waals surface area contributed by atoms with E-state index in [9.17, 15) is 0 Å². The number of para-hydroxylation sites is 4. The SMILES string of the molecule is [B]c1c([B])c([B])c(-n2c3ccccc3c3cc(-n4c5ccccc5c5c6c7ccccc7n(-c7ccccc7)c6ccc54)c4ccccc4c32)c([B])c1[B]. The van der Waals surface area contributed by atoms with Gasteiger partial charge in [-0.05, 0) is 48.5 Å². The van der Waals surface area contributed by atoms with Crippen LogP contribution in [0.25, 0.3) is 93.3 Å².